The summed E-state index contributed by atoms with van der Waals surface area (Å²) in [6.07, 6.45) is 5.74. The second-order valence-corrected chi connectivity index (χ2v) is 9.88. The molecular formula is C16H30IN5O2S2. The molecule has 1 aromatic heterocycles. The number of hydrogen-bond donors (Lipinski definition) is 3. The van der Waals surface area contributed by atoms with Crippen molar-refractivity contribution in [2.24, 2.45) is 12.0 Å². The number of nitrogens with one attached hydrogen (secondary N) is 3. The van der Waals surface area contributed by atoms with Gasteiger partial charge in [0.1, 0.15) is 0 Å². The molecule has 0 spiro atoms. The number of halogens is 1. The van der Waals surface area contributed by atoms with Crippen molar-refractivity contribution < 1.29 is 8.42 Å². The fraction of sp³-hybridized carbons (Fsp3) is 0.688. The van der Waals surface area contributed by atoms with Gasteiger partial charge in [0.2, 0.25) is 10.0 Å². The first-order chi connectivity index (χ1) is 11.8. The highest BCUT2D eigenvalue weighted by Gasteiger charge is 2.29. The minimum Gasteiger partial charge on any atom is -0.357 e. The van der Waals surface area contributed by atoms with Gasteiger partial charge in [-0.2, -0.15) is 11.8 Å². The molecule has 1 unspecified atom stereocenters. The average molecular weight is 515 g/mol. The van der Waals surface area contributed by atoms with Crippen LogP contribution in [0.5, 0.6) is 0 Å². The largest absolute Gasteiger partial charge is 0.357 e. The van der Waals surface area contributed by atoms with Gasteiger partial charge in [0.05, 0.1) is 11.4 Å². The minimum absolute atomic E-state index is 0. The molecule has 1 aliphatic rings. The zero-order chi connectivity index (χ0) is 18.3. The Morgan fingerprint density at radius 1 is 1.38 bits per heavy atom. The lowest BCUT2D eigenvalue weighted by molar-refractivity contribution is 0.580. The van der Waals surface area contributed by atoms with Gasteiger partial charge >= 0.3 is 0 Å². The fourth-order valence-electron chi connectivity index (χ4n) is 2.64. The average Bonchev–Trinajstić information content (AvgIpc) is 3.18. The first kappa shape index (κ1) is 23.6. The quantitative estimate of drug-likeness (QED) is 0.213. The van der Waals surface area contributed by atoms with Crippen LogP contribution in [0.1, 0.15) is 26.7 Å². The van der Waals surface area contributed by atoms with Crippen molar-refractivity contribution in [3.05, 3.63) is 18.5 Å². The molecule has 1 saturated heterocycles. The van der Waals surface area contributed by atoms with Gasteiger partial charge in [-0.05, 0) is 38.5 Å². The fourth-order valence-corrected chi connectivity index (χ4v) is 4.94. The highest BCUT2D eigenvalue weighted by atomic mass is 127. The Morgan fingerprint density at radius 2 is 2.15 bits per heavy atom. The molecule has 0 aromatic carbocycles. The molecule has 0 bridgehead atoms. The standard InChI is InChI=1S/C16H29N5O2S2.HI/c1-4-17-15(19-13-16(2)7-5-11-24-16)18-8-9-20-25(22,23)14-6-10-21(3)12-14;/h6,10,12,20H,4-5,7-9,11,13H2,1-3H3,(H2,17,18,19);1H. The summed E-state index contributed by atoms with van der Waals surface area (Å²) in [6.45, 7) is 6.58. The Kier molecular flexibility index (Phi) is 9.76. The Hall–Kier alpha value is -0.460. The topological polar surface area (TPSA) is 87.5 Å². The summed E-state index contributed by atoms with van der Waals surface area (Å²) in [6, 6.07) is 1.58. The Morgan fingerprint density at radius 3 is 2.73 bits per heavy atom. The minimum atomic E-state index is -3.46. The van der Waals surface area contributed by atoms with Gasteiger partial charge in [-0.25, -0.2) is 13.1 Å². The Bertz CT molecular complexity index is 685. The molecule has 0 aliphatic carbocycles. The third kappa shape index (κ3) is 7.28. The van der Waals surface area contributed by atoms with Crippen LogP contribution >= 0.6 is 35.7 Å². The number of aliphatic imine (C=N–C) groups is 1. The summed E-state index contributed by atoms with van der Waals surface area (Å²) in [7, 11) is -1.66. The molecule has 10 heteroatoms. The third-order valence-corrected chi connectivity index (χ3v) is 7.01. The van der Waals surface area contributed by atoms with Crippen LogP contribution in [-0.2, 0) is 17.1 Å². The van der Waals surface area contributed by atoms with Gasteiger partial charge in [-0.1, -0.05) is 0 Å². The molecule has 1 atom stereocenters. The number of sulfonamides is 1. The van der Waals surface area contributed by atoms with Crippen molar-refractivity contribution in [1.29, 1.82) is 0 Å². The van der Waals surface area contributed by atoms with Crippen molar-refractivity contribution in [2.75, 3.05) is 31.9 Å². The molecule has 26 heavy (non-hydrogen) atoms. The van der Waals surface area contributed by atoms with Crippen LogP contribution in [0.15, 0.2) is 28.3 Å². The summed E-state index contributed by atoms with van der Waals surface area (Å²) < 4.78 is 28.8. The van der Waals surface area contributed by atoms with Crippen LogP contribution in [0.3, 0.4) is 0 Å². The highest BCUT2D eigenvalue weighted by Crippen LogP contribution is 2.37. The molecule has 0 amide bonds. The van der Waals surface area contributed by atoms with Crippen molar-refractivity contribution >= 4 is 51.7 Å². The molecule has 1 fully saturated rings. The van der Waals surface area contributed by atoms with Gasteiger partial charge in [0, 0.05) is 43.8 Å². The second kappa shape index (κ2) is 10.8. The van der Waals surface area contributed by atoms with E-state index in [4.69, 9.17) is 0 Å². The van der Waals surface area contributed by atoms with Crippen molar-refractivity contribution in [3.8, 4) is 0 Å². The van der Waals surface area contributed by atoms with E-state index in [1.54, 1.807) is 30.1 Å². The molecule has 7 nitrogen and oxygen atoms in total. The van der Waals surface area contributed by atoms with E-state index in [1.807, 2.05) is 18.7 Å². The van der Waals surface area contributed by atoms with Gasteiger partial charge in [0.25, 0.3) is 0 Å². The number of aromatic nitrogens is 1. The van der Waals surface area contributed by atoms with Crippen LogP contribution in [-0.4, -0.2) is 55.6 Å². The van der Waals surface area contributed by atoms with Gasteiger partial charge in [0.15, 0.2) is 5.96 Å². The van der Waals surface area contributed by atoms with E-state index >= 15 is 0 Å². The molecule has 0 saturated carbocycles. The first-order valence-electron chi connectivity index (χ1n) is 8.62. The van der Waals surface area contributed by atoms with E-state index in [9.17, 15) is 8.42 Å². The van der Waals surface area contributed by atoms with E-state index in [-0.39, 0.29) is 33.6 Å². The normalized spacial score (nSPS) is 20.7. The Balaban J connectivity index is 0.00000338. The van der Waals surface area contributed by atoms with Crippen molar-refractivity contribution in [2.45, 2.75) is 36.3 Å². The molecule has 1 aromatic rings. The third-order valence-electron chi connectivity index (χ3n) is 4.04. The summed E-state index contributed by atoms with van der Waals surface area (Å²) in [4.78, 5) is 4.94. The van der Waals surface area contributed by atoms with Gasteiger partial charge in [-0.3, -0.25) is 4.99 Å². The predicted molar refractivity (Wildman–Crippen MR) is 120 cm³/mol. The number of nitrogens with zero attached hydrogens (tertiary/aromatic N) is 2. The number of rotatable bonds is 8. The summed E-state index contributed by atoms with van der Waals surface area (Å²) in [5.41, 5.74) is 0. The van der Waals surface area contributed by atoms with E-state index < -0.39 is 10.0 Å². The van der Waals surface area contributed by atoms with Crippen LogP contribution in [0.2, 0.25) is 0 Å². The SMILES string of the molecule is CCNC(=NCC1(C)CCCS1)NCCNS(=O)(=O)c1ccn(C)c1.I. The van der Waals surface area contributed by atoms with Crippen LogP contribution in [0.4, 0.5) is 0 Å². The zero-order valence-electron chi connectivity index (χ0n) is 15.6. The lowest BCUT2D eigenvalue weighted by atomic mass is 10.1. The highest BCUT2D eigenvalue weighted by molar-refractivity contribution is 14.0. The number of guanidine groups is 1. The summed E-state index contributed by atoms with van der Waals surface area (Å²) in [5, 5.41) is 6.39. The monoisotopic (exact) mass is 515 g/mol. The molecule has 0 radical (unpaired) electrons. The molecule has 2 heterocycles. The summed E-state index contributed by atoms with van der Waals surface area (Å²) in [5.74, 6) is 1.94. The maximum absolute atomic E-state index is 12.2. The van der Waals surface area contributed by atoms with Gasteiger partial charge in [-0.15, -0.1) is 24.0 Å². The Labute approximate surface area is 178 Å². The van der Waals surface area contributed by atoms with E-state index in [2.05, 4.69) is 27.3 Å². The second-order valence-electron chi connectivity index (χ2n) is 6.43. The smallest absolute Gasteiger partial charge is 0.242 e. The van der Waals surface area contributed by atoms with Crippen molar-refractivity contribution in [3.63, 3.8) is 0 Å². The lowest BCUT2D eigenvalue weighted by Crippen LogP contribution is -2.42. The molecular weight excluding hydrogens is 485 g/mol. The molecule has 150 valence electrons. The predicted octanol–water partition coefficient (Wildman–Crippen LogP) is 1.76. The van der Waals surface area contributed by atoms with Crippen molar-refractivity contribution in [1.82, 2.24) is 19.9 Å². The molecule has 1 aliphatic heterocycles. The van der Waals surface area contributed by atoms with E-state index in [1.165, 1.54) is 18.6 Å². The lowest BCUT2D eigenvalue weighted by Gasteiger charge is -2.21. The molecule has 2 rings (SSSR count). The number of hydrogen-bond acceptors (Lipinski definition) is 4. The number of thioether (sulfide) groups is 1. The number of aryl methyl sites for hydroxylation is 1. The van der Waals surface area contributed by atoms with Gasteiger partial charge < -0.3 is 15.2 Å². The first-order valence-corrected chi connectivity index (χ1v) is 11.1. The summed E-state index contributed by atoms with van der Waals surface area (Å²) >= 11 is 1.98. The van der Waals surface area contributed by atoms with Crippen LogP contribution < -0.4 is 15.4 Å². The zero-order valence-corrected chi connectivity index (χ0v) is 19.6. The maximum Gasteiger partial charge on any atom is 0.242 e. The van der Waals surface area contributed by atoms with E-state index in [0.717, 1.165) is 19.0 Å². The van der Waals surface area contributed by atoms with Crippen LogP contribution in [0.25, 0.3) is 0 Å². The maximum atomic E-state index is 12.2. The van der Waals surface area contributed by atoms with E-state index in [0.29, 0.717) is 13.1 Å². The molecule has 3 N–H and O–H groups in total. The van der Waals surface area contributed by atoms with Crippen LogP contribution in [0, 0.1) is 0 Å².